The molecule has 2 aliphatic rings. The number of aryl methyl sites for hydroxylation is 2. The molecule has 0 aromatic heterocycles. The third-order valence-electron chi connectivity index (χ3n) is 7.75. The number of hydrogen-bond donors (Lipinski definition) is 0. The van der Waals surface area contributed by atoms with Crippen LogP contribution in [0.25, 0.3) is 0 Å². The van der Waals surface area contributed by atoms with E-state index in [0.29, 0.717) is 0 Å². The summed E-state index contributed by atoms with van der Waals surface area (Å²) in [7, 11) is 0. The number of unbranched alkanes of at least 4 members (excludes halogenated alkanes) is 1. The summed E-state index contributed by atoms with van der Waals surface area (Å²) in [4.78, 5) is 0. The maximum atomic E-state index is 6.05. The Morgan fingerprint density at radius 3 is 1.48 bits per heavy atom. The van der Waals surface area contributed by atoms with Gasteiger partial charge in [-0.25, -0.2) is 0 Å². The molecule has 4 rings (SSSR count). The van der Waals surface area contributed by atoms with Gasteiger partial charge in [0.05, 0.1) is 13.2 Å². The van der Waals surface area contributed by atoms with Crippen molar-refractivity contribution in [2.75, 3.05) is 39.6 Å². The Hall–Kier alpha value is -0.925. The van der Waals surface area contributed by atoms with Gasteiger partial charge in [-0.15, -0.1) is 11.6 Å². The molecule has 2 aliphatic heterocycles. The number of benzene rings is 2. The molecule has 0 radical (unpaired) electrons. The van der Waals surface area contributed by atoms with Gasteiger partial charge in [0, 0.05) is 45.0 Å². The van der Waals surface area contributed by atoms with E-state index in [-0.39, 0.29) is 61.1 Å². The van der Waals surface area contributed by atoms with Crippen LogP contribution in [0.3, 0.4) is 0 Å². The van der Waals surface area contributed by atoms with Crippen LogP contribution < -0.4 is 47.2 Å². The molecule has 2 aromatic carbocycles. The summed E-state index contributed by atoms with van der Waals surface area (Å²) >= 11 is 0. The first-order valence-electron chi connectivity index (χ1n) is 19.3. The molecular weight excluding hydrogens is 638 g/mol. The average Bonchev–Trinajstić information content (AvgIpc) is 3.08. The Morgan fingerprint density at radius 1 is 0.673 bits per heavy atom. The Morgan fingerprint density at radius 2 is 1.12 bits per heavy atom. The molecule has 2 fully saturated rings. The van der Waals surface area contributed by atoms with E-state index in [0.717, 1.165) is 83.2 Å². The molecule has 290 valence electrons. The van der Waals surface area contributed by atoms with Crippen molar-refractivity contribution in [3.8, 4) is 11.5 Å². The minimum atomic E-state index is -0.0983. The normalized spacial score (nSPS) is 16.6. The fourth-order valence-electron chi connectivity index (χ4n) is 4.87. The Labute approximate surface area is 345 Å². The second-order valence-electron chi connectivity index (χ2n) is 14.7. The van der Waals surface area contributed by atoms with Gasteiger partial charge in [0.25, 0.3) is 0 Å². The molecule has 2 unspecified atom stereocenters. The fourth-order valence-corrected chi connectivity index (χ4v) is 4.87. The molecule has 2 atom stereocenters. The SMILES string of the molecule is CCOCC.CCOCC.Cc1c[c-]c(OC2CCCCO2)c(C(C)(C)C)c1.Cc1ccc(OC2CCCCO2)c(C(C)(C)C)c1.[CH2-]CCC.[Li+].[Li+]. The van der Waals surface area contributed by atoms with E-state index in [9.17, 15) is 0 Å². The number of hydrogen-bond acceptors (Lipinski definition) is 6. The number of ether oxygens (including phenoxy) is 6. The smallest absolute Gasteiger partial charge is 0.491 e. The number of rotatable bonds is 9. The van der Waals surface area contributed by atoms with Crippen molar-refractivity contribution in [2.24, 2.45) is 0 Å². The maximum Gasteiger partial charge on any atom is 1.00 e. The summed E-state index contributed by atoms with van der Waals surface area (Å²) in [6, 6.07) is 13.8. The van der Waals surface area contributed by atoms with Crippen molar-refractivity contribution in [2.45, 2.75) is 165 Å². The molecule has 0 aliphatic carbocycles. The zero-order valence-electron chi connectivity index (χ0n) is 36.6. The molecular formula is C44H76Li2O6. The van der Waals surface area contributed by atoms with Gasteiger partial charge in [0.2, 0.25) is 0 Å². The van der Waals surface area contributed by atoms with E-state index in [1.54, 1.807) is 0 Å². The van der Waals surface area contributed by atoms with Crippen LogP contribution in [0.1, 0.15) is 150 Å². The molecule has 52 heavy (non-hydrogen) atoms. The predicted molar refractivity (Wildman–Crippen MR) is 212 cm³/mol. The molecule has 0 bridgehead atoms. The monoisotopic (exact) mass is 715 g/mol. The van der Waals surface area contributed by atoms with E-state index in [4.69, 9.17) is 28.4 Å². The molecule has 0 spiro atoms. The third-order valence-corrected chi connectivity index (χ3v) is 7.75. The van der Waals surface area contributed by atoms with Crippen LogP contribution in [0.4, 0.5) is 0 Å². The van der Waals surface area contributed by atoms with Crippen LogP contribution in [0, 0.1) is 26.8 Å². The first kappa shape index (κ1) is 55.4. The van der Waals surface area contributed by atoms with Crippen LogP contribution in [0.15, 0.2) is 30.3 Å². The largest absolute Gasteiger partial charge is 1.00 e. The van der Waals surface area contributed by atoms with Crippen LogP contribution in [0.5, 0.6) is 11.5 Å². The van der Waals surface area contributed by atoms with Gasteiger partial charge in [0.15, 0.2) is 12.6 Å². The first-order chi connectivity index (χ1) is 23.7. The first-order valence-corrected chi connectivity index (χ1v) is 19.3. The van der Waals surface area contributed by atoms with E-state index in [2.05, 4.69) is 99.6 Å². The molecule has 0 saturated carbocycles. The molecule has 8 heteroatoms. The average molecular weight is 715 g/mol. The van der Waals surface area contributed by atoms with E-state index < -0.39 is 0 Å². The quantitative estimate of drug-likeness (QED) is 0.238. The van der Waals surface area contributed by atoms with Crippen molar-refractivity contribution in [3.63, 3.8) is 0 Å². The third kappa shape index (κ3) is 26.0. The van der Waals surface area contributed by atoms with Crippen molar-refractivity contribution in [3.05, 3.63) is 65.6 Å². The zero-order valence-corrected chi connectivity index (χ0v) is 36.6. The van der Waals surface area contributed by atoms with Crippen molar-refractivity contribution in [1.82, 2.24) is 0 Å². The molecule has 2 heterocycles. The van der Waals surface area contributed by atoms with Crippen LogP contribution in [-0.4, -0.2) is 52.2 Å². The summed E-state index contributed by atoms with van der Waals surface area (Å²) in [5, 5.41) is 0. The van der Waals surface area contributed by atoms with E-state index in [1.807, 2.05) is 33.8 Å². The van der Waals surface area contributed by atoms with Crippen LogP contribution in [-0.2, 0) is 29.8 Å². The summed E-state index contributed by atoms with van der Waals surface area (Å²) in [5.41, 5.74) is 5.12. The molecule has 0 N–H and O–H groups in total. The predicted octanol–water partition coefficient (Wildman–Crippen LogP) is 5.91. The van der Waals surface area contributed by atoms with Gasteiger partial charge in [-0.3, -0.25) is 0 Å². The molecule has 2 saturated heterocycles. The van der Waals surface area contributed by atoms with Crippen molar-refractivity contribution < 1.29 is 66.1 Å². The second-order valence-corrected chi connectivity index (χ2v) is 14.7. The minimum absolute atomic E-state index is 0. The Bertz CT molecular complexity index is 1010. The van der Waals surface area contributed by atoms with Gasteiger partial charge in [-0.05, 0) is 77.3 Å². The van der Waals surface area contributed by atoms with E-state index >= 15 is 0 Å². The molecule has 0 amide bonds. The van der Waals surface area contributed by atoms with Gasteiger partial charge in [-0.1, -0.05) is 84.9 Å². The topological polar surface area (TPSA) is 55.4 Å². The standard InChI is InChI=1S/C16H24O2.C16H23O2.2C4H10O.C4H9.2Li/c2*1-12-8-9-14(13(11-12)16(2,3)4)18-15-7-5-6-10-17-15;2*1-3-5-4-2;1-3-4-2;;/h8-9,11,15H,5-7,10H2,1-4H3;8,11,15H,5-7,10H2,1-4H3;2*3-4H2,1-2H3;1,3-4H2,2H3;;/q;-1;;;-1;2*+1. The second kappa shape index (κ2) is 32.3. The Kier molecular flexibility index (Phi) is 34.5. The van der Waals surface area contributed by atoms with Crippen LogP contribution >= 0.6 is 0 Å². The fraction of sp³-hybridized carbons (Fsp3) is 0.705. The van der Waals surface area contributed by atoms with Gasteiger partial charge in [0.1, 0.15) is 5.75 Å². The van der Waals surface area contributed by atoms with Crippen molar-refractivity contribution in [1.29, 1.82) is 0 Å². The molecule has 6 nitrogen and oxygen atoms in total. The summed E-state index contributed by atoms with van der Waals surface area (Å²) < 4.78 is 33.0. The Balaban J connectivity index is -0.000000662. The van der Waals surface area contributed by atoms with Crippen molar-refractivity contribution >= 4 is 0 Å². The molecule has 2 aromatic rings. The van der Waals surface area contributed by atoms with E-state index in [1.165, 1.54) is 41.5 Å². The van der Waals surface area contributed by atoms with Gasteiger partial charge < -0.3 is 35.3 Å². The van der Waals surface area contributed by atoms with Gasteiger partial charge in [-0.2, -0.15) is 24.1 Å². The summed E-state index contributed by atoms with van der Waals surface area (Å²) in [6.07, 6.45) is 8.76. The van der Waals surface area contributed by atoms with Gasteiger partial charge >= 0.3 is 37.7 Å². The maximum absolute atomic E-state index is 6.05. The minimum Gasteiger partial charge on any atom is -0.491 e. The summed E-state index contributed by atoms with van der Waals surface area (Å²) in [5.74, 6) is 1.82. The summed E-state index contributed by atoms with van der Waals surface area (Å²) in [6.45, 7) is 36.1. The zero-order chi connectivity index (χ0) is 38.0. The van der Waals surface area contributed by atoms with Crippen LogP contribution in [0.2, 0.25) is 0 Å².